The van der Waals surface area contributed by atoms with E-state index in [4.69, 9.17) is 9.47 Å². The zero-order valence-electron chi connectivity index (χ0n) is 16.1. The summed E-state index contributed by atoms with van der Waals surface area (Å²) in [7, 11) is 3.33. The molecule has 0 aliphatic carbocycles. The third-order valence-corrected chi connectivity index (χ3v) is 5.28. The molecule has 1 aliphatic heterocycles. The minimum absolute atomic E-state index is 0.0366. The maximum Gasteiger partial charge on any atom is 0.246 e. The van der Waals surface area contributed by atoms with Crippen molar-refractivity contribution in [3.63, 3.8) is 0 Å². The molecule has 7 nitrogen and oxygen atoms in total. The number of nitrogens with one attached hydrogen (secondary N) is 1. The lowest BCUT2D eigenvalue weighted by molar-refractivity contribution is -0.132. The van der Waals surface area contributed by atoms with Crippen LogP contribution in [0.4, 0.5) is 0 Å². The van der Waals surface area contributed by atoms with E-state index in [1.807, 2.05) is 29.0 Å². The number of carbonyl (C=O) groups is 1. The summed E-state index contributed by atoms with van der Waals surface area (Å²) in [6, 6.07) is 8.08. The van der Waals surface area contributed by atoms with E-state index in [1.165, 1.54) is 5.56 Å². The SMILES string of the molecule is COCCNC(=O)C1(n2ccnc2)CCN(Cc2ccccc2OC)CC1. The molecule has 1 saturated heterocycles. The molecule has 146 valence electrons. The molecule has 1 fully saturated rings. The summed E-state index contributed by atoms with van der Waals surface area (Å²) >= 11 is 0. The van der Waals surface area contributed by atoms with Crippen LogP contribution in [0.25, 0.3) is 0 Å². The molecular weight excluding hydrogens is 344 g/mol. The number of aromatic nitrogens is 2. The van der Waals surface area contributed by atoms with Crippen LogP contribution in [0.3, 0.4) is 0 Å². The van der Waals surface area contributed by atoms with E-state index in [9.17, 15) is 4.79 Å². The molecule has 27 heavy (non-hydrogen) atoms. The summed E-state index contributed by atoms with van der Waals surface area (Å²) in [6.45, 7) is 3.49. The average molecular weight is 372 g/mol. The van der Waals surface area contributed by atoms with Gasteiger partial charge in [-0.05, 0) is 18.9 Å². The van der Waals surface area contributed by atoms with Gasteiger partial charge >= 0.3 is 0 Å². The third-order valence-electron chi connectivity index (χ3n) is 5.28. The first-order valence-electron chi connectivity index (χ1n) is 9.29. The van der Waals surface area contributed by atoms with E-state index in [1.54, 1.807) is 26.7 Å². The normalized spacial score (nSPS) is 16.8. The van der Waals surface area contributed by atoms with Gasteiger partial charge in [-0.2, -0.15) is 0 Å². The fourth-order valence-corrected chi connectivity index (χ4v) is 3.70. The Morgan fingerprint density at radius 2 is 2.04 bits per heavy atom. The Balaban J connectivity index is 1.69. The summed E-state index contributed by atoms with van der Waals surface area (Å²) in [5.74, 6) is 0.941. The predicted octanol–water partition coefficient (Wildman–Crippen LogP) is 1.65. The Hall–Kier alpha value is -2.38. The zero-order valence-corrected chi connectivity index (χ0v) is 16.1. The van der Waals surface area contributed by atoms with Gasteiger partial charge in [-0.3, -0.25) is 9.69 Å². The van der Waals surface area contributed by atoms with Crippen LogP contribution in [0.5, 0.6) is 5.75 Å². The van der Waals surface area contributed by atoms with Crippen LogP contribution in [-0.4, -0.2) is 60.8 Å². The van der Waals surface area contributed by atoms with Gasteiger partial charge in [0, 0.05) is 51.2 Å². The van der Waals surface area contributed by atoms with Crippen LogP contribution in [0.15, 0.2) is 43.0 Å². The van der Waals surface area contributed by atoms with E-state index in [-0.39, 0.29) is 5.91 Å². The maximum atomic E-state index is 13.0. The van der Waals surface area contributed by atoms with E-state index < -0.39 is 5.54 Å². The van der Waals surface area contributed by atoms with E-state index in [2.05, 4.69) is 21.3 Å². The third kappa shape index (κ3) is 4.31. The van der Waals surface area contributed by atoms with Crippen molar-refractivity contribution < 1.29 is 14.3 Å². The summed E-state index contributed by atoms with van der Waals surface area (Å²) in [5.41, 5.74) is 0.571. The molecule has 1 N–H and O–H groups in total. The minimum atomic E-state index is -0.596. The number of carbonyl (C=O) groups excluding carboxylic acids is 1. The smallest absolute Gasteiger partial charge is 0.246 e. The number of ether oxygens (including phenoxy) is 2. The number of imidazole rings is 1. The molecule has 0 spiro atoms. The molecule has 7 heteroatoms. The second kappa shape index (κ2) is 9.01. The fraction of sp³-hybridized carbons (Fsp3) is 0.500. The number of hydrogen-bond donors (Lipinski definition) is 1. The van der Waals surface area contributed by atoms with Crippen molar-refractivity contribution >= 4 is 5.91 Å². The maximum absolute atomic E-state index is 13.0. The van der Waals surface area contributed by atoms with Crippen LogP contribution < -0.4 is 10.1 Å². The molecule has 1 aliphatic rings. The van der Waals surface area contributed by atoms with Gasteiger partial charge in [0.2, 0.25) is 5.91 Å². The predicted molar refractivity (Wildman–Crippen MR) is 103 cm³/mol. The Morgan fingerprint density at radius 1 is 1.26 bits per heavy atom. The number of nitrogens with zero attached hydrogens (tertiary/aromatic N) is 3. The largest absolute Gasteiger partial charge is 0.496 e. The molecule has 3 rings (SSSR count). The zero-order chi connectivity index (χ0) is 19.1. The summed E-state index contributed by atoms with van der Waals surface area (Å²) in [5, 5.41) is 3.01. The molecule has 1 aromatic heterocycles. The van der Waals surface area contributed by atoms with Gasteiger partial charge in [-0.15, -0.1) is 0 Å². The van der Waals surface area contributed by atoms with Crippen molar-refractivity contribution in [2.24, 2.45) is 0 Å². The van der Waals surface area contributed by atoms with Crippen molar-refractivity contribution in [2.75, 3.05) is 40.5 Å². The van der Waals surface area contributed by atoms with Crippen molar-refractivity contribution in [3.8, 4) is 5.75 Å². The molecular formula is C20H28N4O3. The highest BCUT2D eigenvalue weighted by Crippen LogP contribution is 2.32. The molecule has 0 atom stereocenters. The molecule has 0 unspecified atom stereocenters. The molecule has 1 amide bonds. The first-order valence-corrected chi connectivity index (χ1v) is 9.29. The molecule has 2 aromatic rings. The first kappa shape index (κ1) is 19.4. The summed E-state index contributed by atoms with van der Waals surface area (Å²) < 4.78 is 12.5. The number of methoxy groups -OCH3 is 2. The van der Waals surface area contributed by atoms with E-state index >= 15 is 0 Å². The van der Waals surface area contributed by atoms with Crippen LogP contribution in [0.2, 0.25) is 0 Å². The highest BCUT2D eigenvalue weighted by atomic mass is 16.5. The number of likely N-dealkylation sites (tertiary alicyclic amines) is 1. The van der Waals surface area contributed by atoms with Gasteiger partial charge in [0.1, 0.15) is 11.3 Å². The number of para-hydroxylation sites is 1. The lowest BCUT2D eigenvalue weighted by atomic mass is 9.85. The quantitative estimate of drug-likeness (QED) is 0.714. The lowest BCUT2D eigenvalue weighted by Gasteiger charge is -2.41. The highest BCUT2D eigenvalue weighted by Gasteiger charge is 2.42. The number of piperidine rings is 1. The number of hydrogen-bond acceptors (Lipinski definition) is 5. The van der Waals surface area contributed by atoms with Crippen LogP contribution in [0.1, 0.15) is 18.4 Å². The van der Waals surface area contributed by atoms with Crippen LogP contribution >= 0.6 is 0 Å². The number of rotatable bonds is 8. The Bertz CT molecular complexity index is 725. The van der Waals surface area contributed by atoms with Crippen LogP contribution in [0, 0.1) is 0 Å². The van der Waals surface area contributed by atoms with Gasteiger partial charge in [-0.1, -0.05) is 18.2 Å². The average Bonchev–Trinajstić information content (AvgIpc) is 3.24. The standard InChI is InChI=1S/C20H28N4O3/c1-26-14-10-22-19(25)20(24-13-9-21-16-24)7-11-23(12-8-20)15-17-5-3-4-6-18(17)27-2/h3-6,9,13,16H,7-8,10-12,14-15H2,1-2H3,(H,22,25). The van der Waals surface area contributed by atoms with Crippen molar-refractivity contribution in [1.29, 1.82) is 0 Å². The number of amides is 1. The second-order valence-electron chi connectivity index (χ2n) is 6.84. The second-order valence-corrected chi connectivity index (χ2v) is 6.84. The Morgan fingerprint density at radius 3 is 2.70 bits per heavy atom. The Kier molecular flexibility index (Phi) is 6.47. The summed E-state index contributed by atoms with van der Waals surface area (Å²) in [4.78, 5) is 19.5. The number of benzene rings is 1. The molecule has 1 aromatic carbocycles. The van der Waals surface area contributed by atoms with Gasteiger partial charge in [-0.25, -0.2) is 4.98 Å². The monoisotopic (exact) mass is 372 g/mol. The molecule has 0 saturated carbocycles. The van der Waals surface area contributed by atoms with Gasteiger partial charge in [0.05, 0.1) is 20.0 Å². The lowest BCUT2D eigenvalue weighted by Crippen LogP contribution is -2.55. The fourth-order valence-electron chi connectivity index (χ4n) is 3.70. The Labute approximate surface area is 160 Å². The molecule has 0 radical (unpaired) electrons. The van der Waals surface area contributed by atoms with Crippen molar-refractivity contribution in [1.82, 2.24) is 19.8 Å². The first-order chi connectivity index (χ1) is 13.2. The minimum Gasteiger partial charge on any atom is -0.496 e. The topological polar surface area (TPSA) is 68.6 Å². The van der Waals surface area contributed by atoms with E-state index in [0.717, 1.165) is 38.2 Å². The highest BCUT2D eigenvalue weighted by molar-refractivity contribution is 5.84. The summed E-state index contributed by atoms with van der Waals surface area (Å²) in [6.07, 6.45) is 6.82. The van der Waals surface area contributed by atoms with Crippen molar-refractivity contribution in [2.45, 2.75) is 24.9 Å². The van der Waals surface area contributed by atoms with Crippen LogP contribution in [-0.2, 0) is 21.6 Å². The van der Waals surface area contributed by atoms with Gasteiger partial charge in [0.15, 0.2) is 0 Å². The van der Waals surface area contributed by atoms with Gasteiger partial charge < -0.3 is 19.4 Å². The van der Waals surface area contributed by atoms with Gasteiger partial charge in [0.25, 0.3) is 0 Å². The molecule has 0 bridgehead atoms. The molecule has 2 heterocycles. The van der Waals surface area contributed by atoms with E-state index in [0.29, 0.717) is 13.2 Å². The van der Waals surface area contributed by atoms with Crippen molar-refractivity contribution in [3.05, 3.63) is 48.5 Å².